The molecule has 1 heterocycles. The van der Waals surface area contributed by atoms with Gasteiger partial charge in [0.1, 0.15) is 11.9 Å². The number of piperazine rings is 1. The Morgan fingerprint density at radius 2 is 2.19 bits per heavy atom. The quantitative estimate of drug-likeness (QED) is 0.733. The molecule has 0 unspecified atom stereocenters. The van der Waals surface area contributed by atoms with E-state index in [0.717, 1.165) is 0 Å². The molecule has 2 amide bonds. The molecule has 1 atom stereocenters. The Morgan fingerprint density at radius 1 is 1.46 bits per heavy atom. The molecule has 0 radical (unpaired) electrons. The van der Waals surface area contributed by atoms with Crippen LogP contribution in [0.1, 0.15) is 12.0 Å². The van der Waals surface area contributed by atoms with Crippen LogP contribution < -0.4 is 5.32 Å². The molecule has 1 aliphatic rings. The molecule has 1 aromatic carbocycles. The summed E-state index contributed by atoms with van der Waals surface area (Å²) < 4.78 is 18.5. The number of benzene rings is 1. The summed E-state index contributed by atoms with van der Waals surface area (Å²) in [6, 6.07) is 3.55. The second-order valence-corrected chi connectivity index (χ2v) is 6.41. The maximum Gasteiger partial charge on any atom is 0.307 e. The Bertz CT molecular complexity index is 680. The van der Waals surface area contributed by atoms with Crippen molar-refractivity contribution < 1.29 is 23.5 Å². The minimum absolute atomic E-state index is 0.00600. The standard InChI is InChI=1S/C17H21ClFN3O4/c1-21(9-11-12(18)4-3-5-13(11)19)15(23)10-22-7-6-20-17(25)14(22)8-16(24)26-2/h3-5,14H,6-10H2,1-2H3,(H,20,25)/t14-/m0/s1. The summed E-state index contributed by atoms with van der Waals surface area (Å²) in [6.45, 7) is 0.740. The number of nitrogens with zero attached hydrogens (tertiary/aromatic N) is 2. The fourth-order valence-electron chi connectivity index (χ4n) is 2.72. The highest BCUT2D eigenvalue weighted by atomic mass is 35.5. The first-order valence-corrected chi connectivity index (χ1v) is 8.46. The first-order valence-electron chi connectivity index (χ1n) is 8.09. The van der Waals surface area contributed by atoms with Crippen LogP contribution in [0.15, 0.2) is 18.2 Å². The van der Waals surface area contributed by atoms with Crippen molar-refractivity contribution in [2.75, 3.05) is 33.8 Å². The number of ether oxygens (including phenoxy) is 1. The number of rotatable bonds is 6. The Morgan fingerprint density at radius 3 is 2.85 bits per heavy atom. The molecule has 1 fully saturated rings. The SMILES string of the molecule is COC(=O)C[C@H]1C(=O)NCCN1CC(=O)N(C)Cc1c(F)cccc1Cl. The van der Waals surface area contributed by atoms with Gasteiger partial charge >= 0.3 is 5.97 Å². The zero-order valence-corrected chi connectivity index (χ0v) is 15.4. The Labute approximate surface area is 156 Å². The van der Waals surface area contributed by atoms with Crippen LogP contribution in [0.25, 0.3) is 0 Å². The molecule has 26 heavy (non-hydrogen) atoms. The zero-order valence-electron chi connectivity index (χ0n) is 14.6. The van der Waals surface area contributed by atoms with E-state index in [1.165, 1.54) is 31.2 Å². The fourth-order valence-corrected chi connectivity index (χ4v) is 2.94. The van der Waals surface area contributed by atoms with Crippen molar-refractivity contribution in [3.8, 4) is 0 Å². The highest BCUT2D eigenvalue weighted by Gasteiger charge is 2.33. The lowest BCUT2D eigenvalue weighted by atomic mass is 10.1. The van der Waals surface area contributed by atoms with Gasteiger partial charge in [-0.25, -0.2) is 4.39 Å². The Kier molecular flexibility index (Phi) is 6.93. The van der Waals surface area contributed by atoms with Gasteiger partial charge in [-0.05, 0) is 12.1 Å². The van der Waals surface area contributed by atoms with Gasteiger partial charge in [-0.2, -0.15) is 0 Å². The molecule has 0 aliphatic carbocycles. The molecule has 2 rings (SSSR count). The van der Waals surface area contributed by atoms with Crippen LogP contribution in [-0.2, 0) is 25.7 Å². The van der Waals surface area contributed by atoms with Crippen LogP contribution >= 0.6 is 11.6 Å². The van der Waals surface area contributed by atoms with Gasteiger partial charge in [-0.3, -0.25) is 19.3 Å². The van der Waals surface area contributed by atoms with Gasteiger partial charge in [0.25, 0.3) is 0 Å². The van der Waals surface area contributed by atoms with E-state index in [1.807, 2.05) is 0 Å². The number of hydrogen-bond donors (Lipinski definition) is 1. The van der Waals surface area contributed by atoms with E-state index < -0.39 is 17.8 Å². The lowest BCUT2D eigenvalue weighted by molar-refractivity contribution is -0.147. The summed E-state index contributed by atoms with van der Waals surface area (Å²) in [5, 5.41) is 2.91. The van der Waals surface area contributed by atoms with Crippen LogP contribution in [0.4, 0.5) is 4.39 Å². The highest BCUT2D eigenvalue weighted by Crippen LogP contribution is 2.20. The fraction of sp³-hybridized carbons (Fsp3) is 0.471. The van der Waals surface area contributed by atoms with E-state index in [-0.39, 0.29) is 41.9 Å². The Hall–Kier alpha value is -2.19. The third kappa shape index (κ3) is 4.92. The predicted molar refractivity (Wildman–Crippen MR) is 92.9 cm³/mol. The predicted octanol–water partition coefficient (Wildman–Crippen LogP) is 0.801. The molecule has 1 N–H and O–H groups in total. The van der Waals surface area contributed by atoms with E-state index in [0.29, 0.717) is 13.1 Å². The van der Waals surface area contributed by atoms with E-state index in [9.17, 15) is 18.8 Å². The second kappa shape index (κ2) is 8.95. The summed E-state index contributed by atoms with van der Waals surface area (Å²) in [5.41, 5.74) is 0.229. The second-order valence-electron chi connectivity index (χ2n) is 6.01. The molecule has 0 bridgehead atoms. The smallest absolute Gasteiger partial charge is 0.307 e. The van der Waals surface area contributed by atoms with E-state index in [4.69, 9.17) is 11.6 Å². The summed E-state index contributed by atoms with van der Waals surface area (Å²) in [7, 11) is 2.77. The topological polar surface area (TPSA) is 79.0 Å². The van der Waals surface area contributed by atoms with E-state index in [1.54, 1.807) is 11.0 Å². The van der Waals surface area contributed by atoms with Crippen molar-refractivity contribution in [1.29, 1.82) is 0 Å². The summed E-state index contributed by atoms with van der Waals surface area (Å²) in [6.07, 6.45) is -0.140. The average Bonchev–Trinajstić information content (AvgIpc) is 2.60. The molecule has 0 spiro atoms. The first kappa shape index (κ1) is 20.1. The third-order valence-electron chi connectivity index (χ3n) is 4.25. The number of hydrogen-bond acceptors (Lipinski definition) is 5. The first-order chi connectivity index (χ1) is 12.3. The van der Waals surface area contributed by atoms with Crippen LogP contribution in [0, 0.1) is 5.82 Å². The van der Waals surface area contributed by atoms with Gasteiger partial charge in [0.05, 0.1) is 20.1 Å². The number of likely N-dealkylation sites (N-methyl/N-ethyl adjacent to an activating group) is 1. The van der Waals surface area contributed by atoms with Crippen molar-refractivity contribution in [2.45, 2.75) is 19.0 Å². The molecule has 9 heteroatoms. The molecule has 1 aromatic rings. The van der Waals surface area contributed by atoms with Crippen molar-refractivity contribution in [3.63, 3.8) is 0 Å². The number of esters is 1. The summed E-state index contributed by atoms with van der Waals surface area (Å²) >= 11 is 5.99. The number of nitrogens with one attached hydrogen (secondary N) is 1. The number of carbonyl (C=O) groups is 3. The summed E-state index contributed by atoms with van der Waals surface area (Å²) in [5.74, 6) is -1.66. The molecule has 0 saturated carbocycles. The maximum absolute atomic E-state index is 13.9. The van der Waals surface area contributed by atoms with Gasteiger partial charge in [0.2, 0.25) is 11.8 Å². The van der Waals surface area contributed by atoms with Crippen LogP contribution in [-0.4, -0.2) is 67.4 Å². The average molecular weight is 386 g/mol. The number of halogens is 2. The molecule has 1 saturated heterocycles. The zero-order chi connectivity index (χ0) is 19.3. The van der Waals surface area contributed by atoms with Crippen LogP contribution in [0.5, 0.6) is 0 Å². The highest BCUT2D eigenvalue weighted by molar-refractivity contribution is 6.31. The van der Waals surface area contributed by atoms with Crippen molar-refractivity contribution in [1.82, 2.24) is 15.1 Å². The van der Waals surface area contributed by atoms with Gasteiger partial charge in [-0.1, -0.05) is 17.7 Å². The normalized spacial score (nSPS) is 17.5. The minimum Gasteiger partial charge on any atom is -0.469 e. The molecular weight excluding hydrogens is 365 g/mol. The largest absolute Gasteiger partial charge is 0.469 e. The van der Waals surface area contributed by atoms with Crippen LogP contribution in [0.2, 0.25) is 5.02 Å². The van der Waals surface area contributed by atoms with Crippen molar-refractivity contribution in [2.24, 2.45) is 0 Å². The van der Waals surface area contributed by atoms with E-state index in [2.05, 4.69) is 10.1 Å². The summed E-state index contributed by atoms with van der Waals surface area (Å²) in [4.78, 5) is 39.0. The van der Waals surface area contributed by atoms with Crippen LogP contribution in [0.3, 0.4) is 0 Å². The molecule has 7 nitrogen and oxygen atoms in total. The Balaban J connectivity index is 2.04. The van der Waals surface area contributed by atoms with Gasteiger partial charge in [-0.15, -0.1) is 0 Å². The number of methoxy groups -OCH3 is 1. The third-order valence-corrected chi connectivity index (χ3v) is 4.60. The molecule has 0 aromatic heterocycles. The van der Waals surface area contributed by atoms with Crippen molar-refractivity contribution >= 4 is 29.4 Å². The van der Waals surface area contributed by atoms with E-state index >= 15 is 0 Å². The van der Waals surface area contributed by atoms with Crippen molar-refractivity contribution in [3.05, 3.63) is 34.6 Å². The lowest BCUT2D eigenvalue weighted by Crippen LogP contribution is -2.58. The maximum atomic E-state index is 13.9. The lowest BCUT2D eigenvalue weighted by Gasteiger charge is -2.34. The number of carbonyl (C=O) groups excluding carboxylic acids is 3. The molecule has 142 valence electrons. The minimum atomic E-state index is -0.773. The number of amides is 2. The van der Waals surface area contributed by atoms with Gasteiger partial charge < -0.3 is 15.0 Å². The van der Waals surface area contributed by atoms with Gasteiger partial charge in [0.15, 0.2) is 0 Å². The molecule has 1 aliphatic heterocycles. The molecular formula is C17H21ClFN3O4. The monoisotopic (exact) mass is 385 g/mol. The van der Waals surface area contributed by atoms with Gasteiger partial charge in [0, 0.05) is 37.3 Å².